The summed E-state index contributed by atoms with van der Waals surface area (Å²) >= 11 is 0. The van der Waals surface area contributed by atoms with Gasteiger partial charge in [-0.05, 0) is 37.4 Å². The van der Waals surface area contributed by atoms with Crippen LogP contribution in [-0.2, 0) is 23.3 Å². The molecular formula is C20H29N5O2. The predicted molar refractivity (Wildman–Crippen MR) is 101 cm³/mol. The fourth-order valence-electron chi connectivity index (χ4n) is 4.29. The van der Waals surface area contributed by atoms with Gasteiger partial charge in [0.15, 0.2) is 0 Å². The highest BCUT2D eigenvalue weighted by Gasteiger charge is 2.43. The maximum Gasteiger partial charge on any atom is 0.225 e. The molecule has 0 aromatic carbocycles. The number of fused-ring (bicyclic) bond motifs is 3. The lowest BCUT2D eigenvalue weighted by Gasteiger charge is -2.49. The van der Waals surface area contributed by atoms with Gasteiger partial charge in [-0.15, -0.1) is 5.10 Å². The van der Waals surface area contributed by atoms with Crippen LogP contribution in [0.1, 0.15) is 45.1 Å². The molecule has 3 fully saturated rings. The zero-order valence-corrected chi connectivity index (χ0v) is 16.4. The van der Waals surface area contributed by atoms with Crippen molar-refractivity contribution in [2.24, 2.45) is 11.8 Å². The number of carbonyl (C=O) groups excluding carboxylic acids is 1. The monoisotopic (exact) mass is 371 g/mol. The Morgan fingerprint density at radius 3 is 2.89 bits per heavy atom. The average molecular weight is 371 g/mol. The molecule has 3 saturated heterocycles. The molecule has 2 unspecified atom stereocenters. The lowest BCUT2D eigenvalue weighted by Crippen LogP contribution is -2.57. The summed E-state index contributed by atoms with van der Waals surface area (Å²) in [6, 6.07) is 4.17. The summed E-state index contributed by atoms with van der Waals surface area (Å²) in [4.78, 5) is 15.1. The number of piperidine rings is 3. The standard InChI is InChI=1S/C20H29N5O2/c1-20(2,3)18-13-25(23-22-18)11-15-9-14-6-7-24(15)12-17(14)19(26)21-10-16-5-4-8-27-16/h4-5,8,13-15,17H,6-7,9-12H2,1-3H3,(H,21,26)/t14?,15-,17+/m1/s1. The third kappa shape index (κ3) is 3.93. The SMILES string of the molecule is CC(C)(C)c1cn(C[C@H]2CC3CCN2C[C@@H]3C(=O)NCc2ccco2)nn1. The number of rotatable bonds is 5. The van der Waals surface area contributed by atoms with Crippen molar-refractivity contribution in [1.82, 2.24) is 25.2 Å². The molecule has 7 heteroatoms. The zero-order valence-electron chi connectivity index (χ0n) is 16.4. The summed E-state index contributed by atoms with van der Waals surface area (Å²) in [5, 5.41) is 11.7. The molecule has 1 N–H and O–H groups in total. The van der Waals surface area contributed by atoms with Crippen molar-refractivity contribution in [1.29, 1.82) is 0 Å². The molecule has 7 nitrogen and oxygen atoms in total. The molecule has 5 rings (SSSR count). The van der Waals surface area contributed by atoms with Crippen LogP contribution >= 0.6 is 0 Å². The van der Waals surface area contributed by atoms with Crippen molar-refractivity contribution in [3.63, 3.8) is 0 Å². The first kappa shape index (κ1) is 18.2. The molecule has 0 aliphatic carbocycles. The van der Waals surface area contributed by atoms with Gasteiger partial charge in [0.25, 0.3) is 0 Å². The first-order valence-corrected chi connectivity index (χ1v) is 9.85. The van der Waals surface area contributed by atoms with Gasteiger partial charge in [0.05, 0.1) is 31.0 Å². The van der Waals surface area contributed by atoms with Crippen LogP contribution in [0.2, 0.25) is 0 Å². The van der Waals surface area contributed by atoms with Gasteiger partial charge in [0.2, 0.25) is 5.91 Å². The highest BCUT2D eigenvalue weighted by Crippen LogP contribution is 2.37. The topological polar surface area (TPSA) is 76.2 Å². The Morgan fingerprint density at radius 1 is 1.41 bits per heavy atom. The minimum atomic E-state index is 0.0152. The largest absolute Gasteiger partial charge is 0.467 e. The van der Waals surface area contributed by atoms with Gasteiger partial charge < -0.3 is 9.73 Å². The van der Waals surface area contributed by atoms with Crippen molar-refractivity contribution in [3.05, 3.63) is 36.0 Å². The second kappa shape index (κ2) is 7.11. The Hall–Kier alpha value is -2.15. The van der Waals surface area contributed by atoms with Crippen molar-refractivity contribution < 1.29 is 9.21 Å². The van der Waals surface area contributed by atoms with Crippen LogP contribution in [0.15, 0.2) is 29.0 Å². The predicted octanol–water partition coefficient (Wildman–Crippen LogP) is 2.20. The van der Waals surface area contributed by atoms with Crippen LogP contribution in [0.25, 0.3) is 0 Å². The minimum Gasteiger partial charge on any atom is -0.467 e. The summed E-state index contributed by atoms with van der Waals surface area (Å²) in [6.07, 6.45) is 5.84. The number of hydrogen-bond donors (Lipinski definition) is 1. The molecule has 0 saturated carbocycles. The Balaban J connectivity index is 1.34. The zero-order chi connectivity index (χ0) is 19.0. The van der Waals surface area contributed by atoms with E-state index in [1.807, 2.05) is 16.8 Å². The Kier molecular flexibility index (Phi) is 4.80. The highest BCUT2D eigenvalue weighted by molar-refractivity contribution is 5.79. The Morgan fingerprint density at radius 2 is 2.26 bits per heavy atom. The summed E-state index contributed by atoms with van der Waals surface area (Å²) in [7, 11) is 0. The van der Waals surface area contributed by atoms with Crippen molar-refractivity contribution >= 4 is 5.91 Å². The molecule has 3 aliphatic rings. The molecule has 146 valence electrons. The molecular weight excluding hydrogens is 342 g/mol. The molecule has 5 heterocycles. The maximum absolute atomic E-state index is 12.7. The molecule has 2 aromatic rings. The van der Waals surface area contributed by atoms with Crippen LogP contribution in [0.5, 0.6) is 0 Å². The second-order valence-electron chi connectivity index (χ2n) is 8.91. The van der Waals surface area contributed by atoms with Gasteiger partial charge in [-0.1, -0.05) is 26.0 Å². The number of nitrogens with one attached hydrogen (secondary N) is 1. The van der Waals surface area contributed by atoms with E-state index in [2.05, 4.69) is 47.5 Å². The van der Waals surface area contributed by atoms with E-state index in [1.165, 1.54) is 0 Å². The lowest BCUT2D eigenvalue weighted by molar-refractivity contribution is -0.133. The molecule has 27 heavy (non-hydrogen) atoms. The Bertz CT molecular complexity index is 777. The quantitative estimate of drug-likeness (QED) is 0.872. The molecule has 1 amide bonds. The average Bonchev–Trinajstić information content (AvgIpc) is 3.31. The van der Waals surface area contributed by atoms with Crippen molar-refractivity contribution in [3.8, 4) is 0 Å². The van der Waals surface area contributed by atoms with Crippen LogP contribution in [0.4, 0.5) is 0 Å². The lowest BCUT2D eigenvalue weighted by atomic mass is 9.75. The van der Waals surface area contributed by atoms with Gasteiger partial charge in [-0.2, -0.15) is 0 Å². The second-order valence-corrected chi connectivity index (χ2v) is 8.91. The highest BCUT2D eigenvalue weighted by atomic mass is 16.3. The fourth-order valence-corrected chi connectivity index (χ4v) is 4.29. The third-order valence-corrected chi connectivity index (χ3v) is 5.94. The molecule has 2 aromatic heterocycles. The number of aromatic nitrogens is 3. The van der Waals surface area contributed by atoms with Gasteiger partial charge >= 0.3 is 0 Å². The smallest absolute Gasteiger partial charge is 0.225 e. The summed E-state index contributed by atoms with van der Waals surface area (Å²) in [6.45, 7) is 9.67. The van der Waals surface area contributed by atoms with Gasteiger partial charge in [0, 0.05) is 24.2 Å². The van der Waals surface area contributed by atoms with Crippen molar-refractivity contribution in [2.45, 2.75) is 58.2 Å². The first-order valence-electron chi connectivity index (χ1n) is 9.85. The number of carbonyl (C=O) groups is 1. The number of hydrogen-bond acceptors (Lipinski definition) is 5. The number of furan rings is 1. The van der Waals surface area contributed by atoms with Crippen LogP contribution in [-0.4, -0.2) is 44.9 Å². The van der Waals surface area contributed by atoms with Crippen molar-refractivity contribution in [2.75, 3.05) is 13.1 Å². The molecule has 4 atom stereocenters. The molecule has 2 bridgehead atoms. The number of amides is 1. The summed E-state index contributed by atoms with van der Waals surface area (Å²) < 4.78 is 7.27. The summed E-state index contributed by atoms with van der Waals surface area (Å²) in [5.41, 5.74) is 1.04. The maximum atomic E-state index is 12.7. The van der Waals surface area contributed by atoms with Crippen LogP contribution in [0.3, 0.4) is 0 Å². The van der Waals surface area contributed by atoms with E-state index in [0.717, 1.165) is 43.9 Å². The third-order valence-electron chi connectivity index (χ3n) is 5.94. The molecule has 0 radical (unpaired) electrons. The fraction of sp³-hybridized carbons (Fsp3) is 0.650. The van der Waals surface area contributed by atoms with E-state index in [-0.39, 0.29) is 17.2 Å². The van der Waals surface area contributed by atoms with E-state index < -0.39 is 0 Å². The molecule has 0 spiro atoms. The van der Waals surface area contributed by atoms with E-state index in [4.69, 9.17) is 4.42 Å². The van der Waals surface area contributed by atoms with Gasteiger partial charge in [0.1, 0.15) is 5.76 Å². The minimum absolute atomic E-state index is 0.0152. The van der Waals surface area contributed by atoms with E-state index in [9.17, 15) is 4.79 Å². The van der Waals surface area contributed by atoms with Gasteiger partial charge in [-0.25, -0.2) is 0 Å². The number of nitrogens with zero attached hydrogens (tertiary/aromatic N) is 4. The molecule has 3 aliphatic heterocycles. The Labute approximate surface area is 160 Å². The van der Waals surface area contributed by atoms with Crippen LogP contribution in [0, 0.1) is 11.8 Å². The van der Waals surface area contributed by atoms with Crippen LogP contribution < -0.4 is 5.32 Å². The van der Waals surface area contributed by atoms with Gasteiger partial charge in [-0.3, -0.25) is 14.4 Å². The first-order chi connectivity index (χ1) is 12.9. The van der Waals surface area contributed by atoms with E-state index in [0.29, 0.717) is 18.5 Å². The summed E-state index contributed by atoms with van der Waals surface area (Å²) in [5.74, 6) is 1.46. The van der Waals surface area contributed by atoms with E-state index >= 15 is 0 Å². The normalized spacial score (nSPS) is 27.7. The van der Waals surface area contributed by atoms with E-state index in [1.54, 1.807) is 6.26 Å².